The predicted molar refractivity (Wildman–Crippen MR) is 170 cm³/mol. The van der Waals surface area contributed by atoms with E-state index < -0.39 is 25.8 Å². The van der Waals surface area contributed by atoms with E-state index in [0.29, 0.717) is 28.3 Å². The van der Waals surface area contributed by atoms with E-state index in [2.05, 4.69) is 15.0 Å². The van der Waals surface area contributed by atoms with Gasteiger partial charge in [0.1, 0.15) is 16.4 Å². The summed E-state index contributed by atoms with van der Waals surface area (Å²) in [6, 6.07) is 14.2. The number of hydrogen-bond donors (Lipinski definition) is 3. The Morgan fingerprint density at radius 3 is 2.34 bits per heavy atom. The molecule has 14 heteroatoms. The molecule has 0 atom stereocenters. The minimum atomic E-state index is -4.17. The molecule has 4 aromatic rings. The fourth-order valence-electron chi connectivity index (χ4n) is 4.99. The molecule has 1 saturated heterocycles. The van der Waals surface area contributed by atoms with Crippen LogP contribution in [0.2, 0.25) is 5.02 Å². The molecule has 0 aliphatic carbocycles. The standard InChI is InChI=1S/C30H31ClN4O7S2/c1-18-13-21(27(36)14-19(18)2)15-20-16-22(7-8-24(20)31)32-33-26-17-28(44(40,41)35-9-11-42-12-10-35)30(37)23-5-4-6-25(29(23)26)34-43(3,38)39/h4-8,13-14,16-17,34,36-37H,9-12,15H2,1-3H3. The van der Waals surface area contributed by atoms with Gasteiger partial charge in [0.15, 0.2) is 0 Å². The van der Waals surface area contributed by atoms with Crippen molar-refractivity contribution in [2.45, 2.75) is 25.2 Å². The number of nitrogens with zero attached hydrogens (tertiary/aromatic N) is 3. The van der Waals surface area contributed by atoms with Gasteiger partial charge in [-0.25, -0.2) is 16.8 Å². The number of azo groups is 1. The van der Waals surface area contributed by atoms with Gasteiger partial charge in [0.25, 0.3) is 0 Å². The summed E-state index contributed by atoms with van der Waals surface area (Å²) >= 11 is 6.48. The number of aromatic hydroxyl groups is 2. The number of aryl methyl sites for hydroxylation is 2. The van der Waals surface area contributed by atoms with Gasteiger partial charge in [0.05, 0.1) is 36.5 Å². The van der Waals surface area contributed by atoms with Gasteiger partial charge in [-0.05, 0) is 72.5 Å². The van der Waals surface area contributed by atoms with Gasteiger partial charge >= 0.3 is 0 Å². The number of nitrogens with one attached hydrogen (secondary N) is 1. The molecule has 11 nitrogen and oxygen atoms in total. The number of sulfonamides is 2. The molecule has 0 bridgehead atoms. The number of hydrogen-bond acceptors (Lipinski definition) is 9. The fraction of sp³-hybridized carbons (Fsp3) is 0.267. The highest BCUT2D eigenvalue weighted by molar-refractivity contribution is 7.92. The predicted octanol–water partition coefficient (Wildman–Crippen LogP) is 5.92. The maximum Gasteiger partial charge on any atom is 0.247 e. The van der Waals surface area contributed by atoms with E-state index in [1.165, 1.54) is 28.6 Å². The molecule has 44 heavy (non-hydrogen) atoms. The van der Waals surface area contributed by atoms with Crippen molar-refractivity contribution in [3.8, 4) is 11.5 Å². The molecule has 0 amide bonds. The first-order valence-electron chi connectivity index (χ1n) is 13.6. The van der Waals surface area contributed by atoms with Crippen LogP contribution in [-0.4, -0.2) is 63.9 Å². The topological polar surface area (TPSA) is 158 Å². The Hall–Kier alpha value is -3.75. The molecular formula is C30H31ClN4O7S2. The van der Waals surface area contributed by atoms with Crippen LogP contribution in [0.4, 0.5) is 17.1 Å². The Balaban J connectivity index is 1.63. The molecule has 1 aliphatic rings. The molecule has 0 unspecified atom stereocenters. The van der Waals surface area contributed by atoms with Crippen molar-refractivity contribution in [3.63, 3.8) is 0 Å². The number of benzene rings is 4. The average molecular weight is 659 g/mol. The zero-order chi connectivity index (χ0) is 31.8. The third-order valence-corrected chi connectivity index (χ3v) is 10.2. The lowest BCUT2D eigenvalue weighted by Crippen LogP contribution is -2.40. The molecule has 0 aromatic heterocycles. The third-order valence-electron chi connectivity index (χ3n) is 7.34. The van der Waals surface area contributed by atoms with Crippen LogP contribution < -0.4 is 4.72 Å². The largest absolute Gasteiger partial charge is 0.508 e. The molecule has 1 heterocycles. The minimum Gasteiger partial charge on any atom is -0.508 e. The summed E-state index contributed by atoms with van der Waals surface area (Å²) in [6.07, 6.45) is 1.30. The Morgan fingerprint density at radius 2 is 1.64 bits per heavy atom. The van der Waals surface area contributed by atoms with Crippen molar-refractivity contribution in [3.05, 3.63) is 81.9 Å². The van der Waals surface area contributed by atoms with Crippen molar-refractivity contribution >= 4 is 59.5 Å². The molecular weight excluding hydrogens is 628 g/mol. The van der Waals surface area contributed by atoms with Crippen molar-refractivity contribution in [2.24, 2.45) is 10.2 Å². The summed E-state index contributed by atoms with van der Waals surface area (Å²) < 4.78 is 60.5. The van der Waals surface area contributed by atoms with E-state index in [0.717, 1.165) is 17.4 Å². The number of fused-ring (bicyclic) bond motifs is 1. The van der Waals surface area contributed by atoms with E-state index in [9.17, 15) is 27.0 Å². The van der Waals surface area contributed by atoms with Crippen molar-refractivity contribution in [1.29, 1.82) is 0 Å². The quantitative estimate of drug-likeness (QED) is 0.198. The van der Waals surface area contributed by atoms with Gasteiger partial charge in [-0.2, -0.15) is 9.42 Å². The summed E-state index contributed by atoms with van der Waals surface area (Å²) in [7, 11) is -7.92. The summed E-state index contributed by atoms with van der Waals surface area (Å²) in [4.78, 5) is -0.389. The van der Waals surface area contributed by atoms with Gasteiger partial charge in [0, 0.05) is 35.3 Å². The first-order chi connectivity index (χ1) is 20.7. The Morgan fingerprint density at radius 1 is 0.932 bits per heavy atom. The van der Waals surface area contributed by atoms with E-state index in [4.69, 9.17) is 16.3 Å². The number of anilines is 1. The van der Waals surface area contributed by atoms with Crippen LogP contribution in [0.25, 0.3) is 10.8 Å². The van der Waals surface area contributed by atoms with E-state index in [1.54, 1.807) is 24.3 Å². The monoisotopic (exact) mass is 658 g/mol. The molecule has 4 aromatic carbocycles. The number of phenolic OH excluding ortho intramolecular Hbond substituents is 2. The molecule has 0 radical (unpaired) electrons. The number of morpholine rings is 1. The zero-order valence-electron chi connectivity index (χ0n) is 24.2. The highest BCUT2D eigenvalue weighted by atomic mass is 35.5. The van der Waals surface area contributed by atoms with Crippen molar-refractivity contribution in [1.82, 2.24) is 4.31 Å². The zero-order valence-corrected chi connectivity index (χ0v) is 26.6. The van der Waals surface area contributed by atoms with E-state index in [1.807, 2.05) is 19.9 Å². The van der Waals surface area contributed by atoms with E-state index >= 15 is 0 Å². The van der Waals surface area contributed by atoms with Crippen LogP contribution in [0.5, 0.6) is 11.5 Å². The molecule has 5 rings (SSSR count). The van der Waals surface area contributed by atoms with Gasteiger partial charge in [-0.1, -0.05) is 29.8 Å². The van der Waals surface area contributed by atoms with E-state index in [-0.39, 0.29) is 59.1 Å². The van der Waals surface area contributed by atoms with Gasteiger partial charge in [-0.3, -0.25) is 4.72 Å². The molecule has 3 N–H and O–H groups in total. The van der Waals surface area contributed by atoms with Gasteiger partial charge < -0.3 is 14.9 Å². The number of rotatable bonds is 8. The minimum absolute atomic E-state index is 0.0136. The molecule has 232 valence electrons. The Bertz CT molecular complexity index is 2010. The van der Waals surface area contributed by atoms with Crippen molar-refractivity contribution in [2.75, 3.05) is 37.3 Å². The summed E-state index contributed by atoms with van der Waals surface area (Å²) in [5, 5.41) is 31.1. The lowest BCUT2D eigenvalue weighted by molar-refractivity contribution is 0.0730. The summed E-state index contributed by atoms with van der Waals surface area (Å²) in [5.74, 6) is -0.392. The van der Waals surface area contributed by atoms with Crippen molar-refractivity contribution < 1.29 is 31.8 Å². The highest BCUT2D eigenvalue weighted by Gasteiger charge is 2.31. The van der Waals surface area contributed by atoms with Crippen LogP contribution >= 0.6 is 11.6 Å². The third kappa shape index (κ3) is 6.66. The van der Waals surface area contributed by atoms with Crippen LogP contribution in [0, 0.1) is 13.8 Å². The Labute approximate surface area is 260 Å². The van der Waals surface area contributed by atoms with Crippen LogP contribution in [0.15, 0.2) is 69.7 Å². The fourth-order valence-corrected chi connectivity index (χ4v) is 7.26. The van der Waals surface area contributed by atoms with Crippen LogP contribution in [0.3, 0.4) is 0 Å². The highest BCUT2D eigenvalue weighted by Crippen LogP contribution is 2.44. The molecule has 1 fully saturated rings. The Kier molecular flexibility index (Phi) is 8.87. The first kappa shape index (κ1) is 31.7. The first-order valence-corrected chi connectivity index (χ1v) is 17.3. The SMILES string of the molecule is Cc1cc(O)c(Cc2cc(N=Nc3cc(S(=O)(=O)N4CCOCC4)c(O)c4cccc(NS(C)(=O)=O)c34)ccc2Cl)cc1C. The lowest BCUT2D eigenvalue weighted by atomic mass is 9.99. The van der Waals surface area contributed by atoms with Gasteiger partial charge in [-0.15, -0.1) is 5.11 Å². The maximum atomic E-state index is 13.6. The number of halogens is 1. The molecule has 1 aliphatic heterocycles. The normalized spacial score (nSPS) is 14.8. The maximum absolute atomic E-state index is 13.6. The number of phenols is 2. The smallest absolute Gasteiger partial charge is 0.247 e. The average Bonchev–Trinajstić information content (AvgIpc) is 2.96. The lowest BCUT2D eigenvalue weighted by Gasteiger charge is -2.26. The van der Waals surface area contributed by atoms with Crippen LogP contribution in [0.1, 0.15) is 22.3 Å². The second kappa shape index (κ2) is 12.3. The second-order valence-electron chi connectivity index (χ2n) is 10.6. The summed E-state index contributed by atoms with van der Waals surface area (Å²) in [5.41, 5.74) is 3.81. The van der Waals surface area contributed by atoms with Gasteiger partial charge in [0.2, 0.25) is 20.0 Å². The second-order valence-corrected chi connectivity index (χ2v) is 14.6. The summed E-state index contributed by atoms with van der Waals surface area (Å²) in [6.45, 7) is 4.50. The molecule has 0 saturated carbocycles. The van der Waals surface area contributed by atoms with Crippen LogP contribution in [-0.2, 0) is 31.2 Å². The number of ether oxygens (including phenoxy) is 1. The molecule has 0 spiro atoms.